The van der Waals surface area contributed by atoms with Gasteiger partial charge in [0.2, 0.25) is 0 Å². The Bertz CT molecular complexity index is 1540. The molecule has 1 N–H and O–H groups in total. The Labute approximate surface area is 214 Å². The monoisotopic (exact) mass is 524 g/mol. The molecule has 37 heavy (non-hydrogen) atoms. The van der Waals surface area contributed by atoms with E-state index in [2.05, 4.69) is 16.2 Å². The third kappa shape index (κ3) is 4.40. The van der Waals surface area contributed by atoms with Crippen molar-refractivity contribution in [2.75, 3.05) is 43.0 Å². The third-order valence-electron chi connectivity index (χ3n) is 6.26. The van der Waals surface area contributed by atoms with Gasteiger partial charge in [-0.15, -0.1) is 0 Å². The number of fused-ring (bicyclic) bond motifs is 1. The highest BCUT2D eigenvalue weighted by atomic mass is 32.1. The zero-order valence-electron chi connectivity index (χ0n) is 20.0. The van der Waals surface area contributed by atoms with Crippen LogP contribution in [-0.2, 0) is 6.42 Å². The molecule has 4 aromatic rings. The number of anilines is 3. The Kier molecular flexibility index (Phi) is 6.34. The second kappa shape index (κ2) is 9.62. The molecular weight excluding hydrogens is 502 g/mol. The molecule has 10 nitrogen and oxygen atoms in total. The van der Waals surface area contributed by atoms with Crippen LogP contribution in [0, 0.1) is 23.0 Å². The number of rotatable bonds is 5. The minimum absolute atomic E-state index is 0.271. The molecule has 1 aromatic carbocycles. The Morgan fingerprint density at radius 2 is 1.95 bits per heavy atom. The zero-order valence-corrected chi connectivity index (χ0v) is 20.8. The first-order chi connectivity index (χ1) is 17.8. The summed E-state index contributed by atoms with van der Waals surface area (Å²) in [6.45, 7) is 3.78. The van der Waals surface area contributed by atoms with Crippen molar-refractivity contribution in [2.45, 2.75) is 13.3 Å². The fourth-order valence-electron chi connectivity index (χ4n) is 4.30. The molecule has 190 valence electrons. The largest absolute Gasteiger partial charge is 0.465 e. The van der Waals surface area contributed by atoms with Gasteiger partial charge in [0.15, 0.2) is 22.4 Å². The Morgan fingerprint density at radius 1 is 1.19 bits per heavy atom. The van der Waals surface area contributed by atoms with Gasteiger partial charge in [-0.3, -0.25) is 0 Å². The van der Waals surface area contributed by atoms with Gasteiger partial charge in [-0.2, -0.15) is 10.4 Å². The summed E-state index contributed by atoms with van der Waals surface area (Å²) >= 11 is 1.13. The molecule has 0 radical (unpaired) electrons. The highest BCUT2D eigenvalue weighted by Crippen LogP contribution is 2.38. The number of carboxylic acid groups (broad SMARTS) is 1. The number of benzene rings is 1. The summed E-state index contributed by atoms with van der Waals surface area (Å²) in [6, 6.07) is 7.38. The summed E-state index contributed by atoms with van der Waals surface area (Å²) in [5.41, 5.74) is 2.64. The lowest BCUT2D eigenvalue weighted by Gasteiger charge is -2.33. The molecule has 1 amide bonds. The molecule has 0 spiro atoms. The first kappa shape index (κ1) is 24.4. The van der Waals surface area contributed by atoms with Crippen LogP contribution in [0.1, 0.15) is 17.5 Å². The fourth-order valence-corrected chi connectivity index (χ4v) is 5.15. The predicted octanol–water partition coefficient (Wildman–Crippen LogP) is 4.13. The Balaban J connectivity index is 1.53. The van der Waals surface area contributed by atoms with Crippen molar-refractivity contribution in [3.05, 3.63) is 52.7 Å². The van der Waals surface area contributed by atoms with Crippen LogP contribution in [-0.4, -0.2) is 68.9 Å². The lowest BCUT2D eigenvalue weighted by molar-refractivity contribution is 0.142. The maximum Gasteiger partial charge on any atom is 0.407 e. The maximum atomic E-state index is 13.9. The van der Waals surface area contributed by atoms with Gasteiger partial charge in [0, 0.05) is 45.0 Å². The molecule has 0 saturated carbocycles. The molecule has 0 bridgehead atoms. The van der Waals surface area contributed by atoms with E-state index in [4.69, 9.17) is 4.98 Å². The fraction of sp³-hybridized carbons (Fsp3) is 0.292. The van der Waals surface area contributed by atoms with E-state index in [1.807, 2.05) is 24.1 Å². The van der Waals surface area contributed by atoms with Gasteiger partial charge < -0.3 is 19.8 Å². The van der Waals surface area contributed by atoms with E-state index in [9.17, 15) is 23.9 Å². The first-order valence-electron chi connectivity index (χ1n) is 11.5. The maximum absolute atomic E-state index is 13.9. The van der Waals surface area contributed by atoms with E-state index >= 15 is 0 Å². The van der Waals surface area contributed by atoms with Crippen molar-refractivity contribution >= 4 is 39.7 Å². The standard InChI is InChI=1S/C24H22F2N8O2S/c1-3-17-21(22-28-19(6-7-34(22)30-17)32-8-10-33(11-9-32)24(35)36)31(2)23-29-20(18(13-27)37-23)14-4-5-15(25)16(26)12-14/h4-7,12H,3,8-11H2,1-2H3,(H,35,36). The first-order valence-corrected chi connectivity index (χ1v) is 12.3. The lowest BCUT2D eigenvalue weighted by atomic mass is 10.1. The van der Waals surface area contributed by atoms with Gasteiger partial charge in [0.25, 0.3) is 0 Å². The number of hydrogen-bond acceptors (Lipinski definition) is 8. The van der Waals surface area contributed by atoms with Crippen LogP contribution in [0.15, 0.2) is 30.5 Å². The highest BCUT2D eigenvalue weighted by Gasteiger charge is 2.25. The van der Waals surface area contributed by atoms with Crippen molar-refractivity contribution < 1.29 is 18.7 Å². The molecule has 4 heterocycles. The van der Waals surface area contributed by atoms with Crippen LogP contribution in [0.3, 0.4) is 0 Å². The third-order valence-corrected chi connectivity index (χ3v) is 7.29. The number of amides is 1. The van der Waals surface area contributed by atoms with Gasteiger partial charge in [-0.25, -0.2) is 28.1 Å². The molecule has 0 unspecified atom stereocenters. The molecule has 1 aliphatic heterocycles. The van der Waals surface area contributed by atoms with E-state index in [0.717, 1.165) is 29.2 Å². The summed E-state index contributed by atoms with van der Waals surface area (Å²) in [7, 11) is 1.80. The number of hydrogen-bond donors (Lipinski definition) is 1. The van der Waals surface area contributed by atoms with Crippen LogP contribution >= 0.6 is 11.3 Å². The van der Waals surface area contributed by atoms with Crippen LogP contribution in [0.2, 0.25) is 0 Å². The average molecular weight is 525 g/mol. The number of piperazine rings is 1. The number of thiazole rings is 1. The Hall–Kier alpha value is -4.31. The second-order valence-electron chi connectivity index (χ2n) is 8.43. The summed E-state index contributed by atoms with van der Waals surface area (Å²) in [5, 5.41) is 24.1. The summed E-state index contributed by atoms with van der Waals surface area (Å²) in [5.74, 6) is -1.28. The molecule has 1 aliphatic rings. The van der Waals surface area contributed by atoms with Crippen molar-refractivity contribution in [3.8, 4) is 17.3 Å². The lowest BCUT2D eigenvalue weighted by Crippen LogP contribution is -2.48. The molecule has 3 aromatic heterocycles. The highest BCUT2D eigenvalue weighted by molar-refractivity contribution is 7.16. The van der Waals surface area contributed by atoms with E-state index in [-0.39, 0.29) is 10.6 Å². The molecule has 0 atom stereocenters. The van der Waals surface area contributed by atoms with E-state index in [0.29, 0.717) is 60.4 Å². The van der Waals surface area contributed by atoms with Gasteiger partial charge in [-0.05, 0) is 30.7 Å². The van der Waals surface area contributed by atoms with E-state index in [1.165, 1.54) is 11.0 Å². The molecular formula is C24H22F2N8O2S. The molecule has 5 rings (SSSR count). The van der Waals surface area contributed by atoms with Crippen LogP contribution < -0.4 is 9.80 Å². The topological polar surface area (TPSA) is 114 Å². The molecule has 0 aliphatic carbocycles. The van der Waals surface area contributed by atoms with Crippen molar-refractivity contribution in [2.24, 2.45) is 0 Å². The summed E-state index contributed by atoms with van der Waals surface area (Å²) in [4.78, 5) is 26.2. The predicted molar refractivity (Wildman–Crippen MR) is 134 cm³/mol. The van der Waals surface area contributed by atoms with Gasteiger partial charge in [0.05, 0.1) is 5.69 Å². The normalized spacial score (nSPS) is 13.7. The van der Waals surface area contributed by atoms with Gasteiger partial charge >= 0.3 is 6.09 Å². The zero-order chi connectivity index (χ0) is 26.3. The Morgan fingerprint density at radius 3 is 2.59 bits per heavy atom. The summed E-state index contributed by atoms with van der Waals surface area (Å²) in [6.07, 6.45) is 1.49. The van der Waals surface area contributed by atoms with E-state index < -0.39 is 17.7 Å². The number of aryl methyl sites for hydroxylation is 1. The van der Waals surface area contributed by atoms with Crippen LogP contribution in [0.4, 0.5) is 30.2 Å². The van der Waals surface area contributed by atoms with Gasteiger partial charge in [-0.1, -0.05) is 18.3 Å². The SMILES string of the molecule is CCc1nn2ccc(N3CCN(C(=O)O)CC3)nc2c1N(C)c1nc(-c2ccc(F)c(F)c2)c(C#N)s1. The number of halogens is 2. The number of nitrogens with zero attached hydrogens (tertiary/aromatic N) is 8. The average Bonchev–Trinajstić information content (AvgIpc) is 3.51. The van der Waals surface area contributed by atoms with Crippen LogP contribution in [0.5, 0.6) is 0 Å². The molecule has 1 saturated heterocycles. The smallest absolute Gasteiger partial charge is 0.407 e. The summed E-state index contributed by atoms with van der Waals surface area (Å²) < 4.78 is 29.0. The van der Waals surface area contributed by atoms with E-state index in [1.54, 1.807) is 16.5 Å². The quantitative estimate of drug-likeness (QED) is 0.415. The number of nitriles is 1. The van der Waals surface area contributed by atoms with Crippen molar-refractivity contribution in [1.29, 1.82) is 5.26 Å². The van der Waals surface area contributed by atoms with Crippen molar-refractivity contribution in [1.82, 2.24) is 24.5 Å². The number of aromatic nitrogens is 4. The minimum atomic E-state index is -1.01. The number of carbonyl (C=O) groups is 1. The second-order valence-corrected chi connectivity index (χ2v) is 9.41. The van der Waals surface area contributed by atoms with Crippen LogP contribution in [0.25, 0.3) is 16.9 Å². The van der Waals surface area contributed by atoms with Crippen molar-refractivity contribution in [3.63, 3.8) is 0 Å². The minimum Gasteiger partial charge on any atom is -0.465 e. The molecule has 1 fully saturated rings. The van der Waals surface area contributed by atoms with Gasteiger partial charge in [0.1, 0.15) is 28.1 Å². The molecule has 13 heteroatoms.